The Kier molecular flexibility index (Phi) is 15.2. The third-order valence-corrected chi connectivity index (χ3v) is 7.97. The summed E-state index contributed by atoms with van der Waals surface area (Å²) in [4.78, 5) is 12.4. The van der Waals surface area contributed by atoms with Crippen molar-refractivity contribution in [2.75, 3.05) is 26.9 Å². The first-order valence-electron chi connectivity index (χ1n) is 15.6. The molecule has 3 rings (SSSR count). The first-order chi connectivity index (χ1) is 21.5. The summed E-state index contributed by atoms with van der Waals surface area (Å²) in [6.45, 7) is 3.39. The fraction of sp³-hybridized carbons (Fsp3) is 0.774. The molecule has 258 valence electrons. The Morgan fingerprint density at radius 1 is 0.800 bits per heavy atom. The Balaban J connectivity index is 1.54. The topological polar surface area (TPSA) is 214 Å². The van der Waals surface area contributed by atoms with Gasteiger partial charge in [-0.2, -0.15) is 0 Å². The van der Waals surface area contributed by atoms with Crippen LogP contribution < -0.4 is 9.47 Å². The molecule has 2 saturated heterocycles. The minimum Gasteiger partial charge on any atom is -0.493 e. The van der Waals surface area contributed by atoms with Crippen LogP contribution in [0.5, 0.6) is 11.5 Å². The zero-order valence-corrected chi connectivity index (χ0v) is 26.1. The summed E-state index contributed by atoms with van der Waals surface area (Å²) in [7, 11) is 1.39. The number of hydrogen-bond acceptors (Lipinski definition) is 14. The summed E-state index contributed by atoms with van der Waals surface area (Å²) >= 11 is 0. The first kappa shape index (κ1) is 37.3. The van der Waals surface area contributed by atoms with Gasteiger partial charge in [0.1, 0.15) is 48.8 Å². The molecule has 0 saturated carbocycles. The lowest BCUT2D eigenvalue weighted by Crippen LogP contribution is -2.65. The summed E-state index contributed by atoms with van der Waals surface area (Å²) in [6, 6.07) is 4.70. The maximum Gasteiger partial charge on any atom is 0.310 e. The highest BCUT2D eigenvalue weighted by molar-refractivity contribution is 5.73. The van der Waals surface area contributed by atoms with E-state index in [1.54, 1.807) is 12.1 Å². The molecule has 45 heavy (non-hydrogen) atoms. The summed E-state index contributed by atoms with van der Waals surface area (Å²) in [5, 5.41) is 71.3. The van der Waals surface area contributed by atoms with E-state index in [1.165, 1.54) is 32.4 Å². The fourth-order valence-electron chi connectivity index (χ4n) is 5.29. The number of aliphatic hydroxyl groups is 7. The number of carbonyl (C=O) groups is 1. The van der Waals surface area contributed by atoms with Gasteiger partial charge in [-0.15, -0.1) is 0 Å². The Labute approximate surface area is 263 Å². The van der Waals surface area contributed by atoms with Crippen molar-refractivity contribution in [3.63, 3.8) is 0 Å². The smallest absolute Gasteiger partial charge is 0.310 e. The van der Waals surface area contributed by atoms with Crippen molar-refractivity contribution in [1.29, 1.82) is 0 Å². The van der Waals surface area contributed by atoms with Gasteiger partial charge in [-0.25, -0.2) is 0 Å². The molecule has 10 atom stereocenters. The monoisotopic (exact) mass is 646 g/mol. The third kappa shape index (κ3) is 10.4. The van der Waals surface area contributed by atoms with E-state index in [0.29, 0.717) is 18.1 Å². The lowest BCUT2D eigenvalue weighted by atomic mass is 9.97. The van der Waals surface area contributed by atoms with Gasteiger partial charge in [-0.3, -0.25) is 4.79 Å². The number of esters is 1. The Bertz CT molecular complexity index is 1020. The average Bonchev–Trinajstić information content (AvgIpc) is 3.02. The van der Waals surface area contributed by atoms with E-state index in [1.807, 2.05) is 0 Å². The maximum atomic E-state index is 12.4. The van der Waals surface area contributed by atoms with Crippen LogP contribution in [0.25, 0.3) is 0 Å². The molecule has 0 radical (unpaired) electrons. The summed E-state index contributed by atoms with van der Waals surface area (Å²) in [5.74, 6) is 0.670. The first-order valence-corrected chi connectivity index (χ1v) is 15.6. The summed E-state index contributed by atoms with van der Waals surface area (Å²) in [6.07, 6.45) is -9.18. The molecule has 1 aromatic carbocycles. The van der Waals surface area contributed by atoms with Crippen molar-refractivity contribution in [2.24, 2.45) is 5.92 Å². The lowest BCUT2D eigenvalue weighted by Gasteiger charge is -2.45. The van der Waals surface area contributed by atoms with E-state index in [-0.39, 0.29) is 23.9 Å². The van der Waals surface area contributed by atoms with Gasteiger partial charge >= 0.3 is 5.97 Å². The van der Waals surface area contributed by atoms with Crippen molar-refractivity contribution in [3.8, 4) is 11.5 Å². The van der Waals surface area contributed by atoms with E-state index >= 15 is 0 Å². The predicted octanol–water partition coefficient (Wildman–Crippen LogP) is -0.220. The Morgan fingerprint density at radius 2 is 1.44 bits per heavy atom. The van der Waals surface area contributed by atoms with Gasteiger partial charge in [0, 0.05) is 0 Å². The zero-order valence-electron chi connectivity index (χ0n) is 26.1. The highest BCUT2D eigenvalue weighted by atomic mass is 16.7. The van der Waals surface area contributed by atoms with Gasteiger partial charge in [0.15, 0.2) is 17.8 Å². The van der Waals surface area contributed by atoms with Gasteiger partial charge in [0.05, 0.1) is 33.4 Å². The van der Waals surface area contributed by atoms with E-state index < -0.39 is 74.6 Å². The molecule has 2 fully saturated rings. The van der Waals surface area contributed by atoms with Gasteiger partial charge < -0.3 is 64.2 Å². The molecule has 0 aliphatic carbocycles. The molecule has 2 heterocycles. The second kappa shape index (κ2) is 18.3. The van der Waals surface area contributed by atoms with Crippen molar-refractivity contribution < 1.29 is 69.0 Å². The predicted molar refractivity (Wildman–Crippen MR) is 157 cm³/mol. The molecular weight excluding hydrogens is 596 g/mol. The molecule has 14 nitrogen and oxygen atoms in total. The second-order valence-electron chi connectivity index (χ2n) is 12.0. The second-order valence-corrected chi connectivity index (χ2v) is 12.0. The minimum absolute atomic E-state index is 0.00978. The van der Waals surface area contributed by atoms with Crippen molar-refractivity contribution in [1.82, 2.24) is 0 Å². The quantitative estimate of drug-likeness (QED) is 0.0861. The van der Waals surface area contributed by atoms with E-state index in [4.69, 9.17) is 28.4 Å². The minimum atomic E-state index is -1.77. The van der Waals surface area contributed by atoms with Gasteiger partial charge in [-0.05, 0) is 30.0 Å². The van der Waals surface area contributed by atoms with Crippen molar-refractivity contribution in [3.05, 3.63) is 23.8 Å². The van der Waals surface area contributed by atoms with Crippen molar-refractivity contribution >= 4 is 5.97 Å². The van der Waals surface area contributed by atoms with Crippen LogP contribution in [0.1, 0.15) is 57.9 Å². The van der Waals surface area contributed by atoms with Crippen LogP contribution in [0.15, 0.2) is 18.2 Å². The van der Waals surface area contributed by atoms with E-state index in [9.17, 15) is 40.5 Å². The molecule has 0 bridgehead atoms. The van der Waals surface area contributed by atoms with Gasteiger partial charge in [0.25, 0.3) is 0 Å². The highest BCUT2D eigenvalue weighted by Gasteiger charge is 2.51. The molecular formula is C31H50O14. The van der Waals surface area contributed by atoms with Crippen LogP contribution in [-0.2, 0) is 30.2 Å². The molecule has 0 spiro atoms. The number of hydrogen-bond donors (Lipinski definition) is 7. The summed E-state index contributed by atoms with van der Waals surface area (Å²) in [5.41, 5.74) is 0.601. The van der Waals surface area contributed by atoms with Crippen LogP contribution in [0.2, 0.25) is 0 Å². The van der Waals surface area contributed by atoms with E-state index in [0.717, 1.165) is 19.3 Å². The lowest BCUT2D eigenvalue weighted by molar-refractivity contribution is -0.352. The highest BCUT2D eigenvalue weighted by Crippen LogP contribution is 2.34. The zero-order chi connectivity index (χ0) is 33.1. The Morgan fingerprint density at radius 3 is 2.11 bits per heavy atom. The standard InChI is InChI=1S/C31H50O14/c1-17(2)9-7-5-4-6-8-12-41-23(34)14-18-10-11-19(20(13-18)40-3)42-30-28(39)26(37)29(22(16-33)44-30)45-31-27(38)25(36)24(35)21(15-32)43-31/h10-11,13,17,21-22,24-33,35-39H,4-9,12,14-16H2,1-3H3. The maximum absolute atomic E-state index is 12.4. The molecule has 0 aromatic heterocycles. The molecule has 0 amide bonds. The van der Waals surface area contributed by atoms with Crippen LogP contribution in [0.4, 0.5) is 0 Å². The molecule has 14 heteroatoms. The van der Waals surface area contributed by atoms with Crippen LogP contribution in [0, 0.1) is 5.92 Å². The molecule has 2 aliphatic rings. The number of carbonyl (C=O) groups excluding carboxylic acids is 1. The van der Waals surface area contributed by atoms with Gasteiger partial charge in [-0.1, -0.05) is 52.0 Å². The fourth-order valence-corrected chi connectivity index (χ4v) is 5.29. The molecule has 1 aromatic rings. The number of methoxy groups -OCH3 is 1. The molecule has 7 N–H and O–H groups in total. The number of rotatable bonds is 17. The number of aliphatic hydroxyl groups excluding tert-OH is 7. The largest absolute Gasteiger partial charge is 0.493 e. The third-order valence-electron chi connectivity index (χ3n) is 7.97. The van der Waals surface area contributed by atoms with Gasteiger partial charge in [0.2, 0.25) is 6.29 Å². The number of benzene rings is 1. The SMILES string of the molecule is COc1cc(CC(=O)OCCCCCCCC(C)C)ccc1OC1OC(CO)C(OC2OC(CO)C(O)C(O)C2O)C(O)C1O. The normalized spacial score (nSPS) is 32.0. The van der Waals surface area contributed by atoms with Crippen LogP contribution in [-0.4, -0.2) is 130 Å². The van der Waals surface area contributed by atoms with Crippen molar-refractivity contribution in [2.45, 2.75) is 120 Å². The molecule has 10 unspecified atom stereocenters. The number of ether oxygens (including phenoxy) is 6. The number of unbranched alkanes of at least 4 members (excludes halogenated alkanes) is 4. The van der Waals surface area contributed by atoms with Crippen LogP contribution >= 0.6 is 0 Å². The van der Waals surface area contributed by atoms with Crippen LogP contribution in [0.3, 0.4) is 0 Å². The average molecular weight is 647 g/mol. The molecule has 2 aliphatic heterocycles. The van der Waals surface area contributed by atoms with E-state index in [2.05, 4.69) is 13.8 Å². The summed E-state index contributed by atoms with van der Waals surface area (Å²) < 4.78 is 33.1. The Hall–Kier alpha value is -2.11.